The van der Waals surface area contributed by atoms with Crippen LogP contribution in [-0.4, -0.2) is 18.5 Å². The molecule has 1 aromatic rings. The molecule has 1 saturated carbocycles. The monoisotopic (exact) mass is 362 g/mol. The molecule has 2 rings (SSSR count). The summed E-state index contributed by atoms with van der Waals surface area (Å²) >= 11 is 2.01. The number of carbonyl (C=O) groups is 1. The molecule has 0 spiro atoms. The Bertz CT molecular complexity index is 433. The summed E-state index contributed by atoms with van der Waals surface area (Å²) in [6.45, 7) is 0.318. The van der Waals surface area contributed by atoms with Crippen molar-refractivity contribution in [1.82, 2.24) is 5.32 Å². The Kier molecular flexibility index (Phi) is 4.94. The molecule has 0 saturated heterocycles. The Morgan fingerprint density at radius 3 is 2.78 bits per heavy atom. The first-order chi connectivity index (χ1) is 8.65. The average Bonchev–Trinajstić information content (AvgIpc) is 2.83. The van der Waals surface area contributed by atoms with E-state index < -0.39 is 0 Å². The fraction of sp³-hybridized carbons (Fsp3) is 0.462. The normalized spacial score (nSPS) is 15.9. The summed E-state index contributed by atoms with van der Waals surface area (Å²) in [5.74, 6) is -0.368. The third kappa shape index (κ3) is 3.91. The summed E-state index contributed by atoms with van der Waals surface area (Å²) in [6, 6.07) is 4.82. The number of carbonyl (C=O) groups excluding carboxylic acids is 1. The van der Waals surface area contributed by atoms with E-state index in [1.807, 2.05) is 22.6 Å². The molecule has 0 atom stereocenters. The summed E-state index contributed by atoms with van der Waals surface area (Å²) in [5, 5.41) is 6.03. The van der Waals surface area contributed by atoms with Gasteiger partial charge in [-0.15, -0.1) is 0 Å². The molecule has 1 amide bonds. The van der Waals surface area contributed by atoms with Crippen LogP contribution in [0.4, 0.5) is 10.1 Å². The van der Waals surface area contributed by atoms with E-state index in [1.165, 1.54) is 25.0 Å². The molecule has 0 aliphatic heterocycles. The van der Waals surface area contributed by atoms with Gasteiger partial charge in [0.05, 0.1) is 12.2 Å². The summed E-state index contributed by atoms with van der Waals surface area (Å²) in [6.07, 6.45) is 4.80. The number of hydrogen-bond acceptors (Lipinski definition) is 2. The molecular formula is C13H16FIN2O. The smallest absolute Gasteiger partial charge is 0.238 e. The van der Waals surface area contributed by atoms with E-state index in [-0.39, 0.29) is 11.7 Å². The largest absolute Gasteiger partial charge is 0.324 e. The van der Waals surface area contributed by atoms with Crippen LogP contribution in [0.25, 0.3) is 0 Å². The molecule has 5 heteroatoms. The Balaban J connectivity index is 1.82. The van der Waals surface area contributed by atoms with Gasteiger partial charge in [-0.2, -0.15) is 0 Å². The highest BCUT2D eigenvalue weighted by Gasteiger charge is 2.15. The highest BCUT2D eigenvalue weighted by molar-refractivity contribution is 14.1. The molecule has 0 bridgehead atoms. The lowest BCUT2D eigenvalue weighted by molar-refractivity contribution is -0.115. The number of benzene rings is 1. The van der Waals surface area contributed by atoms with Gasteiger partial charge < -0.3 is 10.6 Å². The van der Waals surface area contributed by atoms with Crippen LogP contribution in [-0.2, 0) is 4.79 Å². The molecule has 1 aliphatic carbocycles. The van der Waals surface area contributed by atoms with Crippen LogP contribution in [0.1, 0.15) is 25.7 Å². The SMILES string of the molecule is O=C(CNC1CCCC1)Nc1ccc(F)cc1I. The van der Waals surface area contributed by atoms with E-state index in [9.17, 15) is 9.18 Å². The van der Waals surface area contributed by atoms with E-state index in [2.05, 4.69) is 10.6 Å². The first-order valence-corrected chi connectivity index (χ1v) is 7.21. The Labute approximate surface area is 120 Å². The molecule has 0 heterocycles. The zero-order valence-corrected chi connectivity index (χ0v) is 12.2. The van der Waals surface area contributed by atoms with Crippen LogP contribution in [0.5, 0.6) is 0 Å². The number of rotatable bonds is 4. The molecule has 0 radical (unpaired) electrons. The van der Waals surface area contributed by atoms with Crippen molar-refractivity contribution < 1.29 is 9.18 Å². The zero-order valence-electron chi connectivity index (χ0n) is 10.0. The van der Waals surface area contributed by atoms with Crippen LogP contribution in [0.15, 0.2) is 18.2 Å². The van der Waals surface area contributed by atoms with Gasteiger partial charge in [0.25, 0.3) is 0 Å². The average molecular weight is 362 g/mol. The predicted octanol–water partition coefficient (Wildman–Crippen LogP) is 2.90. The van der Waals surface area contributed by atoms with Gasteiger partial charge in [0.2, 0.25) is 5.91 Å². The highest BCUT2D eigenvalue weighted by atomic mass is 127. The number of amides is 1. The van der Waals surface area contributed by atoms with Crippen molar-refractivity contribution >= 4 is 34.2 Å². The van der Waals surface area contributed by atoms with Crippen molar-refractivity contribution in [2.45, 2.75) is 31.7 Å². The zero-order chi connectivity index (χ0) is 13.0. The van der Waals surface area contributed by atoms with Gasteiger partial charge in [-0.3, -0.25) is 4.79 Å². The first-order valence-electron chi connectivity index (χ1n) is 6.13. The van der Waals surface area contributed by atoms with E-state index in [1.54, 1.807) is 6.07 Å². The fourth-order valence-corrected chi connectivity index (χ4v) is 2.76. The summed E-state index contributed by atoms with van der Waals surface area (Å²) in [5.41, 5.74) is 0.662. The van der Waals surface area contributed by atoms with Crippen LogP contribution in [0.3, 0.4) is 0 Å². The molecule has 0 aromatic heterocycles. The molecule has 0 unspecified atom stereocenters. The molecule has 1 fully saturated rings. The third-order valence-electron chi connectivity index (χ3n) is 3.11. The van der Waals surface area contributed by atoms with Gasteiger partial charge in [-0.05, 0) is 53.6 Å². The predicted molar refractivity (Wildman–Crippen MR) is 78.0 cm³/mol. The van der Waals surface area contributed by atoms with E-state index in [4.69, 9.17) is 0 Å². The molecule has 18 heavy (non-hydrogen) atoms. The number of nitrogens with one attached hydrogen (secondary N) is 2. The van der Waals surface area contributed by atoms with Crippen LogP contribution >= 0.6 is 22.6 Å². The lowest BCUT2D eigenvalue weighted by atomic mass is 10.2. The Hall–Kier alpha value is -0.690. The fourth-order valence-electron chi connectivity index (χ4n) is 2.15. The van der Waals surface area contributed by atoms with E-state index in [0.29, 0.717) is 21.8 Å². The standard InChI is InChI=1S/C13H16FIN2O/c14-9-5-6-12(11(15)7-9)17-13(18)8-16-10-3-1-2-4-10/h5-7,10,16H,1-4,8H2,(H,17,18). The van der Waals surface area contributed by atoms with Crippen molar-refractivity contribution in [2.75, 3.05) is 11.9 Å². The quantitative estimate of drug-likeness (QED) is 0.809. The Morgan fingerprint density at radius 1 is 1.39 bits per heavy atom. The summed E-state index contributed by atoms with van der Waals surface area (Å²) in [7, 11) is 0. The molecular weight excluding hydrogens is 346 g/mol. The van der Waals surface area contributed by atoms with Crippen LogP contribution in [0.2, 0.25) is 0 Å². The van der Waals surface area contributed by atoms with E-state index in [0.717, 1.165) is 12.8 Å². The number of halogens is 2. The second-order valence-corrected chi connectivity index (χ2v) is 5.70. The van der Waals surface area contributed by atoms with Gasteiger partial charge in [-0.25, -0.2) is 4.39 Å². The van der Waals surface area contributed by atoms with Gasteiger partial charge in [-0.1, -0.05) is 12.8 Å². The maximum atomic E-state index is 12.9. The highest BCUT2D eigenvalue weighted by Crippen LogP contribution is 2.19. The summed E-state index contributed by atoms with van der Waals surface area (Å²) in [4.78, 5) is 11.7. The van der Waals surface area contributed by atoms with E-state index >= 15 is 0 Å². The van der Waals surface area contributed by atoms with Crippen molar-refractivity contribution in [3.05, 3.63) is 27.6 Å². The lowest BCUT2D eigenvalue weighted by Crippen LogP contribution is -2.34. The van der Waals surface area contributed by atoms with Gasteiger partial charge >= 0.3 is 0 Å². The first kappa shape index (κ1) is 13.7. The number of anilines is 1. The maximum absolute atomic E-state index is 12.9. The van der Waals surface area contributed by atoms with Crippen molar-refractivity contribution in [2.24, 2.45) is 0 Å². The maximum Gasteiger partial charge on any atom is 0.238 e. The summed E-state index contributed by atoms with van der Waals surface area (Å²) < 4.78 is 13.6. The Morgan fingerprint density at radius 2 is 2.11 bits per heavy atom. The third-order valence-corrected chi connectivity index (χ3v) is 4.00. The molecule has 98 valence electrons. The molecule has 3 nitrogen and oxygen atoms in total. The molecule has 1 aliphatic rings. The van der Waals surface area contributed by atoms with Gasteiger partial charge in [0.1, 0.15) is 5.82 Å². The van der Waals surface area contributed by atoms with Gasteiger partial charge in [0.15, 0.2) is 0 Å². The van der Waals surface area contributed by atoms with Crippen LogP contribution in [0, 0.1) is 9.39 Å². The van der Waals surface area contributed by atoms with Crippen LogP contribution < -0.4 is 10.6 Å². The van der Waals surface area contributed by atoms with Gasteiger partial charge in [0, 0.05) is 9.61 Å². The minimum atomic E-state index is -0.290. The lowest BCUT2D eigenvalue weighted by Gasteiger charge is -2.12. The second-order valence-electron chi connectivity index (χ2n) is 4.53. The van der Waals surface area contributed by atoms with Crippen molar-refractivity contribution in [3.63, 3.8) is 0 Å². The minimum absolute atomic E-state index is 0.0774. The second kappa shape index (κ2) is 6.47. The topological polar surface area (TPSA) is 41.1 Å². The number of hydrogen-bond donors (Lipinski definition) is 2. The van der Waals surface area contributed by atoms with Crippen molar-refractivity contribution in [3.8, 4) is 0 Å². The van der Waals surface area contributed by atoms with Crippen molar-refractivity contribution in [1.29, 1.82) is 0 Å². The molecule has 1 aromatic carbocycles. The minimum Gasteiger partial charge on any atom is -0.324 e. The molecule has 2 N–H and O–H groups in total.